The largest absolute Gasteiger partial charge is 0.322 e. The summed E-state index contributed by atoms with van der Waals surface area (Å²) < 4.78 is 1.89. The molecule has 134 valence electrons. The number of amides is 1. The van der Waals surface area contributed by atoms with Gasteiger partial charge in [-0.1, -0.05) is 26.8 Å². The number of fused-ring (bicyclic) bond motifs is 1. The van der Waals surface area contributed by atoms with Gasteiger partial charge in [-0.15, -0.1) is 0 Å². The summed E-state index contributed by atoms with van der Waals surface area (Å²) in [6.45, 7) is 8.33. The summed E-state index contributed by atoms with van der Waals surface area (Å²) in [7, 11) is 0. The molecule has 0 aliphatic heterocycles. The van der Waals surface area contributed by atoms with E-state index >= 15 is 0 Å². The van der Waals surface area contributed by atoms with E-state index in [2.05, 4.69) is 36.1 Å². The fourth-order valence-electron chi connectivity index (χ4n) is 2.74. The number of hydrogen-bond acceptors (Lipinski definition) is 4. The smallest absolute Gasteiger partial charge is 0.248 e. The summed E-state index contributed by atoms with van der Waals surface area (Å²) >= 11 is 0. The van der Waals surface area contributed by atoms with Crippen LogP contribution >= 0.6 is 0 Å². The molecule has 3 aromatic rings. The third-order valence-corrected chi connectivity index (χ3v) is 3.76. The Labute approximate surface area is 153 Å². The molecule has 1 N–H and O–H groups in total. The minimum Gasteiger partial charge on any atom is -0.322 e. The number of anilines is 1. The van der Waals surface area contributed by atoms with Crippen molar-refractivity contribution in [2.45, 2.75) is 34.1 Å². The molecule has 0 fully saturated rings. The highest BCUT2D eigenvalue weighted by molar-refractivity contribution is 6.00. The molecule has 0 unspecified atom stereocenters. The van der Waals surface area contributed by atoms with E-state index in [-0.39, 0.29) is 11.3 Å². The number of nitrogens with zero attached hydrogens (tertiary/aromatic N) is 4. The third kappa shape index (κ3) is 4.14. The minimum atomic E-state index is -0.162. The first-order valence-corrected chi connectivity index (χ1v) is 8.58. The number of carbonyl (C=O) groups is 1. The third-order valence-electron chi connectivity index (χ3n) is 3.76. The van der Waals surface area contributed by atoms with Gasteiger partial charge in [0.25, 0.3) is 0 Å². The molecule has 0 bridgehead atoms. The van der Waals surface area contributed by atoms with E-state index in [1.54, 1.807) is 31.7 Å². The molecule has 2 aromatic heterocycles. The highest BCUT2D eigenvalue weighted by atomic mass is 16.1. The number of benzene rings is 1. The molecule has 2 heterocycles. The summed E-state index contributed by atoms with van der Waals surface area (Å²) in [4.78, 5) is 25.3. The molecule has 3 rings (SSSR count). The second-order valence-electron chi connectivity index (χ2n) is 7.41. The average molecular weight is 349 g/mol. The van der Waals surface area contributed by atoms with Crippen LogP contribution in [0.15, 0.2) is 49.1 Å². The number of aromatic nitrogens is 4. The van der Waals surface area contributed by atoms with Crippen molar-refractivity contribution in [2.75, 3.05) is 5.32 Å². The Morgan fingerprint density at radius 2 is 2.08 bits per heavy atom. The molecule has 0 aliphatic rings. The van der Waals surface area contributed by atoms with Gasteiger partial charge in [-0.25, -0.2) is 9.97 Å². The van der Waals surface area contributed by atoms with Crippen molar-refractivity contribution >= 4 is 22.6 Å². The normalized spacial score (nSPS) is 12.0. The predicted molar refractivity (Wildman–Crippen MR) is 103 cm³/mol. The van der Waals surface area contributed by atoms with Gasteiger partial charge in [0.1, 0.15) is 6.33 Å². The van der Waals surface area contributed by atoms with E-state index in [0.717, 1.165) is 23.1 Å². The predicted octanol–water partition coefficient (Wildman–Crippen LogP) is 3.92. The zero-order valence-corrected chi connectivity index (χ0v) is 15.5. The highest BCUT2D eigenvalue weighted by Gasteiger charge is 2.14. The van der Waals surface area contributed by atoms with Crippen molar-refractivity contribution in [2.24, 2.45) is 5.41 Å². The first-order valence-electron chi connectivity index (χ1n) is 8.58. The number of nitrogens with one attached hydrogen (secondary N) is 1. The molecule has 0 radical (unpaired) electrons. The highest BCUT2D eigenvalue weighted by Crippen LogP contribution is 2.23. The van der Waals surface area contributed by atoms with Crippen LogP contribution in [0.4, 0.5) is 5.69 Å². The fourth-order valence-corrected chi connectivity index (χ4v) is 2.74. The van der Waals surface area contributed by atoms with E-state index in [9.17, 15) is 4.79 Å². The molecule has 0 aliphatic carbocycles. The Kier molecular flexibility index (Phi) is 4.84. The Morgan fingerprint density at radius 3 is 2.81 bits per heavy atom. The Morgan fingerprint density at radius 1 is 1.27 bits per heavy atom. The number of rotatable bonds is 4. The second-order valence-corrected chi connectivity index (χ2v) is 7.41. The molecule has 26 heavy (non-hydrogen) atoms. The standard InChI is InChI=1S/C20H23N5O/c1-5-6-19(26)24-14-7-8-16-17(9-14)25(13-22-16)18-12-21-11-15(23-18)10-20(2,3)4/h5-9,11-13H,10H2,1-4H3,(H,24,26). The number of imidazole rings is 1. The molecule has 6 heteroatoms. The number of allylic oxidation sites excluding steroid dienone is 1. The maximum atomic E-state index is 11.8. The number of hydrogen-bond donors (Lipinski definition) is 1. The molecule has 0 spiro atoms. The second kappa shape index (κ2) is 7.07. The van der Waals surface area contributed by atoms with Crippen LogP contribution in [-0.2, 0) is 11.2 Å². The fraction of sp³-hybridized carbons (Fsp3) is 0.300. The lowest BCUT2D eigenvalue weighted by Crippen LogP contribution is -2.12. The summed E-state index contributed by atoms with van der Waals surface area (Å²) in [5.74, 6) is 0.552. The van der Waals surface area contributed by atoms with Crippen molar-refractivity contribution in [1.82, 2.24) is 19.5 Å². The SMILES string of the molecule is CC=CC(=O)Nc1ccc2ncn(-c3cncc(CC(C)(C)C)n3)c2c1. The van der Waals surface area contributed by atoms with E-state index in [0.29, 0.717) is 11.5 Å². The zero-order chi connectivity index (χ0) is 18.7. The van der Waals surface area contributed by atoms with E-state index in [4.69, 9.17) is 4.98 Å². The molecular formula is C20H23N5O. The van der Waals surface area contributed by atoms with Gasteiger partial charge < -0.3 is 5.32 Å². The Bertz CT molecular complexity index is 966. The Hall–Kier alpha value is -3.02. The summed E-state index contributed by atoms with van der Waals surface area (Å²) in [6.07, 6.45) is 9.28. The maximum Gasteiger partial charge on any atom is 0.248 e. The lowest BCUT2D eigenvalue weighted by molar-refractivity contribution is -0.111. The summed E-state index contributed by atoms with van der Waals surface area (Å²) in [5.41, 5.74) is 3.48. The lowest BCUT2D eigenvalue weighted by atomic mass is 9.91. The van der Waals surface area contributed by atoms with Gasteiger partial charge in [0.05, 0.1) is 22.9 Å². The van der Waals surface area contributed by atoms with Crippen LogP contribution in [0.5, 0.6) is 0 Å². The van der Waals surface area contributed by atoms with E-state index < -0.39 is 0 Å². The van der Waals surface area contributed by atoms with Gasteiger partial charge in [-0.3, -0.25) is 14.3 Å². The molecular weight excluding hydrogens is 326 g/mol. The monoisotopic (exact) mass is 349 g/mol. The van der Waals surface area contributed by atoms with Crippen LogP contribution in [0.1, 0.15) is 33.4 Å². The van der Waals surface area contributed by atoms with Crippen LogP contribution in [0.25, 0.3) is 16.9 Å². The van der Waals surface area contributed by atoms with Crippen LogP contribution in [0.3, 0.4) is 0 Å². The van der Waals surface area contributed by atoms with Crippen molar-refractivity contribution in [3.05, 3.63) is 54.8 Å². The van der Waals surface area contributed by atoms with Crippen LogP contribution in [0.2, 0.25) is 0 Å². The minimum absolute atomic E-state index is 0.133. The lowest BCUT2D eigenvalue weighted by Gasteiger charge is -2.17. The molecule has 0 atom stereocenters. The number of carbonyl (C=O) groups excluding carboxylic acids is 1. The van der Waals surface area contributed by atoms with E-state index in [1.165, 1.54) is 6.08 Å². The summed E-state index contributed by atoms with van der Waals surface area (Å²) in [5, 5.41) is 2.84. The molecule has 1 amide bonds. The zero-order valence-electron chi connectivity index (χ0n) is 15.5. The van der Waals surface area contributed by atoms with Crippen molar-refractivity contribution in [3.63, 3.8) is 0 Å². The van der Waals surface area contributed by atoms with Crippen LogP contribution in [0, 0.1) is 5.41 Å². The van der Waals surface area contributed by atoms with Crippen LogP contribution < -0.4 is 5.32 Å². The molecule has 1 aromatic carbocycles. The van der Waals surface area contributed by atoms with Gasteiger partial charge >= 0.3 is 0 Å². The van der Waals surface area contributed by atoms with Crippen molar-refractivity contribution in [1.29, 1.82) is 0 Å². The summed E-state index contributed by atoms with van der Waals surface area (Å²) in [6, 6.07) is 5.61. The first-order chi connectivity index (χ1) is 12.4. The van der Waals surface area contributed by atoms with Gasteiger partial charge in [0.15, 0.2) is 5.82 Å². The molecule has 0 saturated heterocycles. The van der Waals surface area contributed by atoms with Crippen LogP contribution in [-0.4, -0.2) is 25.4 Å². The Balaban J connectivity index is 1.97. The van der Waals surface area contributed by atoms with Gasteiger partial charge in [0.2, 0.25) is 5.91 Å². The van der Waals surface area contributed by atoms with Gasteiger partial charge in [-0.05, 0) is 43.0 Å². The quantitative estimate of drug-likeness (QED) is 0.725. The molecule has 0 saturated carbocycles. The molecule has 6 nitrogen and oxygen atoms in total. The van der Waals surface area contributed by atoms with Gasteiger partial charge in [0, 0.05) is 11.9 Å². The topological polar surface area (TPSA) is 72.7 Å². The van der Waals surface area contributed by atoms with Crippen molar-refractivity contribution < 1.29 is 4.79 Å². The van der Waals surface area contributed by atoms with Gasteiger partial charge in [-0.2, -0.15) is 0 Å². The van der Waals surface area contributed by atoms with Crippen molar-refractivity contribution in [3.8, 4) is 5.82 Å². The maximum absolute atomic E-state index is 11.8. The average Bonchev–Trinajstić information content (AvgIpc) is 2.97. The van der Waals surface area contributed by atoms with E-state index in [1.807, 2.05) is 22.8 Å². The first kappa shape index (κ1) is 17.8.